The van der Waals surface area contributed by atoms with E-state index in [1.54, 1.807) is 6.92 Å². The van der Waals surface area contributed by atoms with Gasteiger partial charge in [-0.1, -0.05) is 0 Å². The summed E-state index contributed by atoms with van der Waals surface area (Å²) < 4.78 is 32.6. The van der Waals surface area contributed by atoms with Gasteiger partial charge < -0.3 is 10.5 Å². The second-order valence-electron chi connectivity index (χ2n) is 5.31. The Morgan fingerprint density at radius 3 is 2.76 bits per heavy atom. The van der Waals surface area contributed by atoms with Crippen LogP contribution < -0.4 is 10.5 Å². The standard InChI is InChI=1S/C12H17N3O5S/c1-12(5-2-6-20-8-12)14-21(18,19)11-4-3-9(13)7-10(11)15(16)17/h3-4,7,14H,2,5-6,8,13H2,1H3. The molecule has 1 unspecified atom stereocenters. The summed E-state index contributed by atoms with van der Waals surface area (Å²) >= 11 is 0. The van der Waals surface area contributed by atoms with Crippen molar-refractivity contribution in [1.82, 2.24) is 4.72 Å². The molecule has 0 radical (unpaired) electrons. The van der Waals surface area contributed by atoms with E-state index in [0.717, 1.165) is 18.6 Å². The maximum atomic E-state index is 12.4. The molecule has 3 N–H and O–H groups in total. The Kier molecular flexibility index (Phi) is 4.17. The molecule has 1 atom stereocenters. The number of anilines is 1. The molecule has 2 rings (SSSR count). The molecule has 0 bridgehead atoms. The van der Waals surface area contributed by atoms with E-state index in [1.165, 1.54) is 6.07 Å². The smallest absolute Gasteiger partial charge is 0.291 e. The predicted molar refractivity (Wildman–Crippen MR) is 76.3 cm³/mol. The number of nitrogens with two attached hydrogens (primary N) is 1. The molecular weight excluding hydrogens is 298 g/mol. The van der Waals surface area contributed by atoms with E-state index in [2.05, 4.69) is 4.72 Å². The third-order valence-corrected chi connectivity index (χ3v) is 4.97. The van der Waals surface area contributed by atoms with E-state index in [-0.39, 0.29) is 12.3 Å². The topological polar surface area (TPSA) is 125 Å². The molecule has 1 heterocycles. The molecule has 0 aliphatic carbocycles. The van der Waals surface area contributed by atoms with Crippen LogP contribution in [-0.4, -0.2) is 32.1 Å². The van der Waals surface area contributed by atoms with Gasteiger partial charge in [-0.2, -0.15) is 0 Å². The molecule has 21 heavy (non-hydrogen) atoms. The second-order valence-corrected chi connectivity index (χ2v) is 6.96. The van der Waals surface area contributed by atoms with Gasteiger partial charge in [-0.15, -0.1) is 0 Å². The molecule has 1 saturated heterocycles. The molecule has 0 amide bonds. The molecule has 1 aliphatic heterocycles. The van der Waals surface area contributed by atoms with E-state index >= 15 is 0 Å². The Morgan fingerprint density at radius 1 is 1.48 bits per heavy atom. The highest BCUT2D eigenvalue weighted by Crippen LogP contribution is 2.28. The maximum absolute atomic E-state index is 12.4. The normalized spacial score (nSPS) is 22.9. The highest BCUT2D eigenvalue weighted by atomic mass is 32.2. The Hall–Kier alpha value is -1.71. The first-order valence-electron chi connectivity index (χ1n) is 6.39. The fourth-order valence-electron chi connectivity index (χ4n) is 2.30. The lowest BCUT2D eigenvalue weighted by Gasteiger charge is -2.33. The first-order valence-corrected chi connectivity index (χ1v) is 7.87. The van der Waals surface area contributed by atoms with Crippen LogP contribution in [0.5, 0.6) is 0 Å². The molecule has 0 spiro atoms. The van der Waals surface area contributed by atoms with Gasteiger partial charge in [0.25, 0.3) is 5.69 Å². The van der Waals surface area contributed by atoms with Crippen molar-refractivity contribution < 1.29 is 18.1 Å². The third kappa shape index (κ3) is 3.49. The molecule has 1 fully saturated rings. The average Bonchev–Trinajstić information content (AvgIpc) is 2.37. The number of benzene rings is 1. The van der Waals surface area contributed by atoms with Gasteiger partial charge in [0.05, 0.1) is 17.1 Å². The zero-order chi connectivity index (χ0) is 15.7. The Balaban J connectivity index is 2.38. The summed E-state index contributed by atoms with van der Waals surface area (Å²) in [5.41, 5.74) is 4.30. The number of hydrogen-bond donors (Lipinski definition) is 2. The Morgan fingerprint density at radius 2 is 2.19 bits per heavy atom. The Bertz CT molecular complexity index is 653. The van der Waals surface area contributed by atoms with Crippen molar-refractivity contribution in [2.24, 2.45) is 0 Å². The lowest BCUT2D eigenvalue weighted by molar-refractivity contribution is -0.387. The van der Waals surface area contributed by atoms with Crippen LogP contribution in [-0.2, 0) is 14.8 Å². The Labute approximate surface area is 122 Å². The van der Waals surface area contributed by atoms with Gasteiger partial charge >= 0.3 is 0 Å². The summed E-state index contributed by atoms with van der Waals surface area (Å²) in [6.45, 7) is 2.53. The number of rotatable bonds is 4. The van der Waals surface area contributed by atoms with E-state index < -0.39 is 31.1 Å². The zero-order valence-electron chi connectivity index (χ0n) is 11.5. The van der Waals surface area contributed by atoms with Gasteiger partial charge in [-0.25, -0.2) is 13.1 Å². The van der Waals surface area contributed by atoms with Crippen molar-refractivity contribution in [3.63, 3.8) is 0 Å². The molecule has 9 heteroatoms. The van der Waals surface area contributed by atoms with Crippen molar-refractivity contribution in [3.05, 3.63) is 28.3 Å². The van der Waals surface area contributed by atoms with Gasteiger partial charge in [-0.05, 0) is 31.9 Å². The average molecular weight is 315 g/mol. The minimum atomic E-state index is -4.04. The van der Waals surface area contributed by atoms with Gasteiger partial charge in [0.15, 0.2) is 4.90 Å². The van der Waals surface area contributed by atoms with Crippen molar-refractivity contribution in [3.8, 4) is 0 Å². The summed E-state index contributed by atoms with van der Waals surface area (Å²) in [5, 5.41) is 11.0. The molecule has 1 aliphatic rings. The number of nitrogens with one attached hydrogen (secondary N) is 1. The largest absolute Gasteiger partial charge is 0.399 e. The molecule has 1 aromatic carbocycles. The summed E-state index contributed by atoms with van der Waals surface area (Å²) in [6, 6.07) is 3.50. The number of nitro benzene ring substituents is 1. The van der Waals surface area contributed by atoms with Crippen LogP contribution in [0, 0.1) is 10.1 Å². The minimum absolute atomic E-state index is 0.132. The molecule has 8 nitrogen and oxygen atoms in total. The van der Waals surface area contributed by atoms with Crippen molar-refractivity contribution in [2.45, 2.75) is 30.2 Å². The van der Waals surface area contributed by atoms with Crippen LogP contribution in [0.1, 0.15) is 19.8 Å². The van der Waals surface area contributed by atoms with Crippen LogP contribution >= 0.6 is 0 Å². The number of nitrogens with zero attached hydrogens (tertiary/aromatic N) is 1. The third-order valence-electron chi connectivity index (χ3n) is 3.29. The van der Waals surface area contributed by atoms with Gasteiger partial charge in [-0.3, -0.25) is 10.1 Å². The van der Waals surface area contributed by atoms with Crippen LogP contribution in [0.3, 0.4) is 0 Å². The predicted octanol–water partition coefficient (Wildman–Crippen LogP) is 1.02. The fraction of sp³-hybridized carbons (Fsp3) is 0.500. The molecule has 116 valence electrons. The molecule has 0 saturated carbocycles. The van der Waals surface area contributed by atoms with Gasteiger partial charge in [0, 0.05) is 18.4 Å². The maximum Gasteiger partial charge on any atom is 0.291 e. The monoisotopic (exact) mass is 315 g/mol. The first kappa shape index (κ1) is 15.7. The number of nitro groups is 1. The minimum Gasteiger partial charge on any atom is -0.399 e. The fourth-order valence-corrected chi connectivity index (χ4v) is 3.87. The number of nitrogen functional groups attached to an aromatic ring is 1. The van der Waals surface area contributed by atoms with E-state index in [9.17, 15) is 18.5 Å². The summed E-state index contributed by atoms with van der Waals surface area (Å²) in [7, 11) is -4.04. The van der Waals surface area contributed by atoms with Crippen LogP contribution in [0.25, 0.3) is 0 Å². The lowest BCUT2D eigenvalue weighted by Crippen LogP contribution is -2.51. The van der Waals surface area contributed by atoms with Gasteiger partial charge in [0.2, 0.25) is 10.0 Å². The first-order chi connectivity index (χ1) is 9.73. The van der Waals surface area contributed by atoms with Crippen molar-refractivity contribution in [2.75, 3.05) is 18.9 Å². The summed E-state index contributed by atoms with van der Waals surface area (Å²) in [5.74, 6) is 0. The van der Waals surface area contributed by atoms with Crippen molar-refractivity contribution in [1.29, 1.82) is 0 Å². The zero-order valence-corrected chi connectivity index (χ0v) is 12.4. The molecule has 1 aromatic rings. The summed E-state index contributed by atoms with van der Waals surface area (Å²) in [4.78, 5) is 9.87. The number of sulfonamides is 1. The molecular formula is C12H17N3O5S. The number of ether oxygens (including phenoxy) is 1. The second kappa shape index (κ2) is 5.58. The van der Waals surface area contributed by atoms with E-state index in [1.807, 2.05) is 0 Å². The van der Waals surface area contributed by atoms with Gasteiger partial charge in [0.1, 0.15) is 0 Å². The highest BCUT2D eigenvalue weighted by Gasteiger charge is 2.35. The quantitative estimate of drug-likeness (QED) is 0.485. The van der Waals surface area contributed by atoms with E-state index in [0.29, 0.717) is 13.0 Å². The van der Waals surface area contributed by atoms with Crippen molar-refractivity contribution >= 4 is 21.4 Å². The summed E-state index contributed by atoms with van der Waals surface area (Å²) in [6.07, 6.45) is 1.33. The van der Waals surface area contributed by atoms with Crippen LogP contribution in [0.15, 0.2) is 23.1 Å². The van der Waals surface area contributed by atoms with Crippen LogP contribution in [0.4, 0.5) is 11.4 Å². The van der Waals surface area contributed by atoms with E-state index in [4.69, 9.17) is 10.5 Å². The van der Waals surface area contributed by atoms with Crippen LogP contribution in [0.2, 0.25) is 0 Å². The molecule has 0 aromatic heterocycles. The lowest BCUT2D eigenvalue weighted by atomic mass is 9.97. The SMILES string of the molecule is CC1(NS(=O)(=O)c2ccc(N)cc2[N+](=O)[O-])CCCOC1. The number of hydrogen-bond acceptors (Lipinski definition) is 6. The highest BCUT2D eigenvalue weighted by molar-refractivity contribution is 7.89.